The lowest BCUT2D eigenvalue weighted by Gasteiger charge is -2.35. The van der Waals surface area contributed by atoms with E-state index < -0.39 is 42.2 Å². The monoisotopic (exact) mass is 356 g/mol. The Balaban J connectivity index is 3.12. The van der Waals surface area contributed by atoms with Crippen molar-refractivity contribution < 1.29 is 42.9 Å². The largest absolute Gasteiger partial charge is 0.490 e. The molecule has 0 aromatic carbocycles. The molecule has 9 nitrogen and oxygen atoms in total. The van der Waals surface area contributed by atoms with Crippen molar-refractivity contribution in [2.75, 3.05) is 13.7 Å². The summed E-state index contributed by atoms with van der Waals surface area (Å²) in [6.45, 7) is 3.36. The third kappa shape index (κ3) is 6.66. The first-order valence-corrected chi connectivity index (χ1v) is 7.34. The molecule has 0 saturated heterocycles. The Bertz CT molecular complexity index is 590. The zero-order chi connectivity index (χ0) is 19.0. The van der Waals surface area contributed by atoms with Crippen molar-refractivity contribution in [2.45, 2.75) is 39.1 Å². The molecule has 0 unspecified atom stereocenters. The Kier molecular flexibility index (Phi) is 7.64. The number of rotatable bonds is 6. The molecule has 1 aliphatic rings. The van der Waals surface area contributed by atoms with Crippen LogP contribution >= 0.6 is 0 Å². The molecule has 0 saturated carbocycles. The van der Waals surface area contributed by atoms with E-state index in [0.717, 1.165) is 6.08 Å². The number of methoxy groups -OCH3 is 1. The smallest absolute Gasteiger partial charge is 0.330 e. The molecule has 0 spiro atoms. The average molecular weight is 356 g/mol. The maximum Gasteiger partial charge on any atom is 0.330 e. The molecule has 0 aliphatic carbocycles. The number of carbonyl (C=O) groups is 4. The summed E-state index contributed by atoms with van der Waals surface area (Å²) in [5, 5.41) is 0. The van der Waals surface area contributed by atoms with E-state index >= 15 is 0 Å². The third-order valence-corrected chi connectivity index (χ3v) is 3.03. The van der Waals surface area contributed by atoms with Gasteiger partial charge in [0.2, 0.25) is 0 Å². The maximum absolute atomic E-state index is 11.4. The Labute approximate surface area is 144 Å². The maximum atomic E-state index is 11.4. The predicted molar refractivity (Wildman–Crippen MR) is 81.9 cm³/mol. The molecule has 9 heteroatoms. The lowest BCUT2D eigenvalue weighted by atomic mass is 9.98. The van der Waals surface area contributed by atoms with Crippen LogP contribution in [0.25, 0.3) is 0 Å². The number of hydrogen-bond acceptors (Lipinski definition) is 9. The summed E-state index contributed by atoms with van der Waals surface area (Å²) in [4.78, 5) is 45.1. The average Bonchev–Trinajstić information content (AvgIpc) is 2.52. The molecule has 0 amide bonds. The molecule has 0 radical (unpaired) electrons. The molecule has 0 fully saturated rings. The van der Waals surface area contributed by atoms with Crippen LogP contribution in [0.3, 0.4) is 0 Å². The lowest BCUT2D eigenvalue weighted by molar-refractivity contribution is -0.180. The second-order valence-corrected chi connectivity index (χ2v) is 5.06. The van der Waals surface area contributed by atoms with Crippen molar-refractivity contribution in [1.82, 2.24) is 0 Å². The van der Waals surface area contributed by atoms with Gasteiger partial charge < -0.3 is 23.7 Å². The van der Waals surface area contributed by atoms with Crippen LogP contribution in [0.1, 0.15) is 20.8 Å². The fraction of sp³-hybridized carbons (Fsp3) is 0.500. The van der Waals surface area contributed by atoms with Crippen LogP contribution in [-0.4, -0.2) is 55.9 Å². The van der Waals surface area contributed by atoms with Crippen molar-refractivity contribution >= 4 is 23.9 Å². The topological polar surface area (TPSA) is 114 Å². The Morgan fingerprint density at radius 3 is 2.24 bits per heavy atom. The number of hydrogen-bond donors (Lipinski definition) is 0. The molecule has 1 aliphatic heterocycles. The molecule has 0 aromatic rings. The van der Waals surface area contributed by atoms with Gasteiger partial charge in [0.25, 0.3) is 0 Å². The first-order valence-electron chi connectivity index (χ1n) is 7.34. The lowest BCUT2D eigenvalue weighted by Crippen LogP contribution is -2.49. The molecular formula is C16H20O9. The fourth-order valence-corrected chi connectivity index (χ4v) is 2.04. The van der Waals surface area contributed by atoms with Crippen LogP contribution in [-0.2, 0) is 42.9 Å². The minimum atomic E-state index is -1.07. The molecule has 0 bridgehead atoms. The zero-order valence-electron chi connectivity index (χ0n) is 14.3. The summed E-state index contributed by atoms with van der Waals surface area (Å²) in [5.41, 5.74) is 0.269. The van der Waals surface area contributed by atoms with E-state index in [1.165, 1.54) is 40.2 Å². The molecule has 138 valence electrons. The van der Waals surface area contributed by atoms with Gasteiger partial charge in [0, 0.05) is 32.4 Å². The highest BCUT2D eigenvalue weighted by molar-refractivity contribution is 5.82. The SMILES string of the molecule is COC(=O)/C=C/C1=CO[C@H](COC(C)=O)[C@@H](OC(C)=O)[C@@H]1OC(C)=O. The summed E-state index contributed by atoms with van der Waals surface area (Å²) in [5.74, 6) is -2.45. The first kappa shape index (κ1) is 20.2. The van der Waals surface area contributed by atoms with Crippen molar-refractivity contribution in [3.05, 3.63) is 24.0 Å². The van der Waals surface area contributed by atoms with Crippen LogP contribution < -0.4 is 0 Å². The van der Waals surface area contributed by atoms with E-state index in [0.29, 0.717) is 0 Å². The first-order chi connectivity index (χ1) is 11.7. The highest BCUT2D eigenvalue weighted by atomic mass is 16.6. The van der Waals surface area contributed by atoms with Gasteiger partial charge in [-0.15, -0.1) is 0 Å². The van der Waals surface area contributed by atoms with Gasteiger partial charge in [-0.25, -0.2) is 4.79 Å². The van der Waals surface area contributed by atoms with Gasteiger partial charge in [0.1, 0.15) is 6.61 Å². The number of ether oxygens (including phenoxy) is 5. The van der Waals surface area contributed by atoms with Gasteiger partial charge in [-0.3, -0.25) is 14.4 Å². The van der Waals surface area contributed by atoms with E-state index in [4.69, 9.17) is 18.9 Å². The van der Waals surface area contributed by atoms with Crippen molar-refractivity contribution in [2.24, 2.45) is 0 Å². The van der Waals surface area contributed by atoms with E-state index in [1.807, 2.05) is 0 Å². The van der Waals surface area contributed by atoms with Gasteiger partial charge in [0.15, 0.2) is 18.3 Å². The molecular weight excluding hydrogens is 336 g/mol. The second-order valence-electron chi connectivity index (χ2n) is 5.06. The summed E-state index contributed by atoms with van der Waals surface area (Å²) >= 11 is 0. The third-order valence-electron chi connectivity index (χ3n) is 3.03. The highest BCUT2D eigenvalue weighted by Crippen LogP contribution is 2.26. The normalized spacial score (nSPS) is 22.4. The molecule has 1 rings (SSSR count). The van der Waals surface area contributed by atoms with Crippen LogP contribution in [0, 0.1) is 0 Å². The fourth-order valence-electron chi connectivity index (χ4n) is 2.04. The van der Waals surface area contributed by atoms with Gasteiger partial charge in [-0.05, 0) is 6.08 Å². The quantitative estimate of drug-likeness (QED) is 0.379. The van der Waals surface area contributed by atoms with Crippen LogP contribution in [0.2, 0.25) is 0 Å². The molecule has 25 heavy (non-hydrogen) atoms. The van der Waals surface area contributed by atoms with Crippen molar-refractivity contribution in [3.63, 3.8) is 0 Å². The Morgan fingerprint density at radius 1 is 1.08 bits per heavy atom. The molecule has 3 atom stereocenters. The van der Waals surface area contributed by atoms with Crippen LogP contribution in [0.15, 0.2) is 24.0 Å². The van der Waals surface area contributed by atoms with Crippen molar-refractivity contribution in [1.29, 1.82) is 0 Å². The minimum Gasteiger partial charge on any atom is -0.490 e. The van der Waals surface area contributed by atoms with Crippen molar-refractivity contribution in [3.8, 4) is 0 Å². The van der Waals surface area contributed by atoms with Gasteiger partial charge >= 0.3 is 23.9 Å². The number of carbonyl (C=O) groups excluding carboxylic acids is 4. The summed E-state index contributed by atoms with van der Waals surface area (Å²) in [7, 11) is 1.21. The highest BCUT2D eigenvalue weighted by Gasteiger charge is 2.41. The van der Waals surface area contributed by atoms with Gasteiger partial charge in [-0.2, -0.15) is 0 Å². The summed E-state index contributed by atoms with van der Waals surface area (Å²) < 4.78 is 25.2. The summed E-state index contributed by atoms with van der Waals surface area (Å²) in [6, 6.07) is 0. The van der Waals surface area contributed by atoms with Crippen LogP contribution in [0.4, 0.5) is 0 Å². The molecule has 0 aromatic heterocycles. The van der Waals surface area contributed by atoms with Gasteiger partial charge in [0.05, 0.1) is 13.4 Å². The number of esters is 4. The Hall–Kier alpha value is -2.84. The minimum absolute atomic E-state index is 0.213. The van der Waals surface area contributed by atoms with Gasteiger partial charge in [-0.1, -0.05) is 0 Å². The van der Waals surface area contributed by atoms with E-state index in [1.54, 1.807) is 0 Å². The summed E-state index contributed by atoms with van der Waals surface area (Å²) in [6.07, 6.45) is 0.661. The zero-order valence-corrected chi connectivity index (χ0v) is 14.3. The predicted octanol–water partition coefficient (Wildman–Crippen LogP) is 0.425. The van der Waals surface area contributed by atoms with Crippen LogP contribution in [0.5, 0.6) is 0 Å². The molecule has 1 heterocycles. The standard InChI is InChI=1S/C16H20O9/c1-9(17)22-8-13-16(25-11(3)19)15(24-10(2)18)12(7-23-13)5-6-14(20)21-4/h5-7,13,15-16H,8H2,1-4H3/b6-5+/t13-,15-,16-/m1/s1. The van der Waals surface area contributed by atoms with E-state index in [2.05, 4.69) is 4.74 Å². The van der Waals surface area contributed by atoms with E-state index in [-0.39, 0.29) is 12.2 Å². The Morgan fingerprint density at radius 2 is 1.72 bits per heavy atom. The van der Waals surface area contributed by atoms with E-state index in [9.17, 15) is 19.2 Å². The second kappa shape index (κ2) is 9.45. The molecule has 0 N–H and O–H groups in total.